The first-order chi connectivity index (χ1) is 8.61. The number of aliphatic carboxylic acids is 1. The normalized spacial score (nSPS) is 21.5. The van der Waals surface area contributed by atoms with Gasteiger partial charge in [0.05, 0.1) is 0 Å². The minimum atomic E-state index is -1.09. The Hall–Kier alpha value is -1.55. The van der Waals surface area contributed by atoms with E-state index in [1.807, 2.05) is 12.1 Å². The first-order valence-electron chi connectivity index (χ1n) is 6.46. The zero-order valence-corrected chi connectivity index (χ0v) is 10.3. The zero-order chi connectivity index (χ0) is 12.8. The van der Waals surface area contributed by atoms with Gasteiger partial charge >= 0.3 is 5.97 Å². The number of fused-ring (bicyclic) bond motifs is 1. The van der Waals surface area contributed by atoms with E-state index in [0.29, 0.717) is 6.54 Å². The molecular formula is C14H18N2O2. The standard InChI is InChI=1S/C14H18N2O2/c15-14(13(17)18,11-5-6-11)9-16-8-7-10-3-1-2-4-12(10)16/h1-4,11H,5-9,15H2,(H,17,18). The van der Waals surface area contributed by atoms with Gasteiger partial charge in [-0.15, -0.1) is 0 Å². The molecule has 0 amide bonds. The monoisotopic (exact) mass is 246 g/mol. The number of para-hydroxylation sites is 1. The Morgan fingerprint density at radius 1 is 1.44 bits per heavy atom. The molecule has 3 rings (SSSR count). The van der Waals surface area contributed by atoms with Crippen molar-refractivity contribution in [2.75, 3.05) is 18.0 Å². The molecule has 1 aromatic carbocycles. The number of carbonyl (C=O) groups is 1. The number of anilines is 1. The molecule has 96 valence electrons. The Labute approximate surface area is 106 Å². The van der Waals surface area contributed by atoms with Gasteiger partial charge < -0.3 is 15.7 Å². The Morgan fingerprint density at radius 3 is 2.83 bits per heavy atom. The number of benzene rings is 1. The first-order valence-corrected chi connectivity index (χ1v) is 6.46. The second-order valence-corrected chi connectivity index (χ2v) is 5.42. The molecule has 3 N–H and O–H groups in total. The third-order valence-electron chi connectivity index (χ3n) is 4.14. The van der Waals surface area contributed by atoms with Crippen LogP contribution in [0.15, 0.2) is 24.3 Å². The van der Waals surface area contributed by atoms with Crippen molar-refractivity contribution in [1.29, 1.82) is 0 Å². The molecule has 1 fully saturated rings. The smallest absolute Gasteiger partial charge is 0.325 e. The van der Waals surface area contributed by atoms with Gasteiger partial charge in [0, 0.05) is 18.8 Å². The molecule has 0 aromatic heterocycles. The van der Waals surface area contributed by atoms with Crippen LogP contribution >= 0.6 is 0 Å². The minimum absolute atomic E-state index is 0.141. The molecule has 4 heteroatoms. The Balaban J connectivity index is 1.83. The Morgan fingerprint density at radius 2 is 2.17 bits per heavy atom. The van der Waals surface area contributed by atoms with Gasteiger partial charge in [-0.3, -0.25) is 4.79 Å². The van der Waals surface area contributed by atoms with Crippen LogP contribution in [0.2, 0.25) is 0 Å². The van der Waals surface area contributed by atoms with E-state index >= 15 is 0 Å². The number of nitrogens with two attached hydrogens (primary N) is 1. The highest BCUT2D eigenvalue weighted by molar-refractivity contribution is 5.81. The van der Waals surface area contributed by atoms with Crippen LogP contribution in [0.4, 0.5) is 5.69 Å². The van der Waals surface area contributed by atoms with E-state index in [4.69, 9.17) is 5.73 Å². The van der Waals surface area contributed by atoms with Gasteiger partial charge in [0.25, 0.3) is 0 Å². The molecule has 1 aliphatic carbocycles. The fourth-order valence-electron chi connectivity index (χ4n) is 2.86. The van der Waals surface area contributed by atoms with Crippen molar-refractivity contribution in [2.24, 2.45) is 11.7 Å². The van der Waals surface area contributed by atoms with Gasteiger partial charge in [-0.1, -0.05) is 18.2 Å². The molecule has 1 heterocycles. The SMILES string of the molecule is NC(CN1CCc2ccccc21)(C(=O)O)C1CC1. The van der Waals surface area contributed by atoms with Crippen LogP contribution in [0, 0.1) is 5.92 Å². The molecule has 1 aliphatic heterocycles. The lowest BCUT2D eigenvalue weighted by Gasteiger charge is -2.31. The third kappa shape index (κ3) is 1.77. The second kappa shape index (κ2) is 3.99. The average Bonchev–Trinajstić information content (AvgIpc) is 3.14. The van der Waals surface area contributed by atoms with Crippen molar-refractivity contribution in [1.82, 2.24) is 0 Å². The lowest BCUT2D eigenvalue weighted by atomic mass is 9.94. The molecular weight excluding hydrogens is 228 g/mol. The quantitative estimate of drug-likeness (QED) is 0.839. The van der Waals surface area contributed by atoms with E-state index in [9.17, 15) is 9.90 Å². The molecule has 4 nitrogen and oxygen atoms in total. The van der Waals surface area contributed by atoms with Gasteiger partial charge in [-0.25, -0.2) is 0 Å². The van der Waals surface area contributed by atoms with Gasteiger partial charge in [0.2, 0.25) is 0 Å². The summed E-state index contributed by atoms with van der Waals surface area (Å²) in [5, 5.41) is 9.40. The first kappa shape index (κ1) is 11.5. The van der Waals surface area contributed by atoms with Gasteiger partial charge in [-0.2, -0.15) is 0 Å². The molecule has 2 aliphatic rings. The predicted octanol–water partition coefficient (Wildman–Crippen LogP) is 1.24. The van der Waals surface area contributed by atoms with Gasteiger partial charge in [0.15, 0.2) is 0 Å². The summed E-state index contributed by atoms with van der Waals surface area (Å²) in [4.78, 5) is 13.6. The van der Waals surface area contributed by atoms with Crippen LogP contribution < -0.4 is 10.6 Å². The fraction of sp³-hybridized carbons (Fsp3) is 0.500. The van der Waals surface area contributed by atoms with E-state index in [1.165, 1.54) is 5.56 Å². The van der Waals surface area contributed by atoms with E-state index in [1.54, 1.807) is 0 Å². The zero-order valence-electron chi connectivity index (χ0n) is 10.3. The van der Waals surface area contributed by atoms with E-state index in [2.05, 4.69) is 17.0 Å². The lowest BCUT2D eigenvalue weighted by molar-refractivity contribution is -0.143. The average molecular weight is 246 g/mol. The maximum absolute atomic E-state index is 11.5. The summed E-state index contributed by atoms with van der Waals surface area (Å²) in [7, 11) is 0. The van der Waals surface area contributed by atoms with Crippen molar-refractivity contribution in [2.45, 2.75) is 24.8 Å². The second-order valence-electron chi connectivity index (χ2n) is 5.42. The topological polar surface area (TPSA) is 66.6 Å². The van der Waals surface area contributed by atoms with Gasteiger partial charge in [-0.05, 0) is 36.8 Å². The van der Waals surface area contributed by atoms with Crippen LogP contribution in [0.1, 0.15) is 18.4 Å². The molecule has 1 saturated carbocycles. The number of carboxylic acids is 1. The van der Waals surface area contributed by atoms with Crippen molar-refractivity contribution in [3.8, 4) is 0 Å². The fourth-order valence-corrected chi connectivity index (χ4v) is 2.86. The van der Waals surface area contributed by atoms with Crippen LogP contribution in [0.5, 0.6) is 0 Å². The summed E-state index contributed by atoms with van der Waals surface area (Å²) in [6.45, 7) is 1.29. The number of hydrogen-bond donors (Lipinski definition) is 2. The van der Waals surface area contributed by atoms with Crippen LogP contribution in [0.25, 0.3) is 0 Å². The Bertz CT molecular complexity index is 484. The van der Waals surface area contributed by atoms with Crippen LogP contribution in [-0.4, -0.2) is 29.7 Å². The summed E-state index contributed by atoms with van der Waals surface area (Å²) in [5.74, 6) is -0.725. The summed E-state index contributed by atoms with van der Waals surface area (Å²) < 4.78 is 0. The highest BCUT2D eigenvalue weighted by Gasteiger charge is 2.49. The highest BCUT2D eigenvalue weighted by Crippen LogP contribution is 2.40. The summed E-state index contributed by atoms with van der Waals surface area (Å²) in [6.07, 6.45) is 2.87. The van der Waals surface area contributed by atoms with Crippen LogP contribution in [0.3, 0.4) is 0 Å². The highest BCUT2D eigenvalue weighted by atomic mass is 16.4. The molecule has 1 atom stereocenters. The number of nitrogens with zero attached hydrogens (tertiary/aromatic N) is 1. The molecule has 0 saturated heterocycles. The van der Waals surface area contributed by atoms with E-state index in [0.717, 1.165) is 31.5 Å². The van der Waals surface area contributed by atoms with Crippen molar-refractivity contribution in [3.05, 3.63) is 29.8 Å². The van der Waals surface area contributed by atoms with E-state index in [-0.39, 0.29) is 5.92 Å². The number of carboxylic acid groups (broad SMARTS) is 1. The maximum atomic E-state index is 11.5. The molecule has 1 unspecified atom stereocenters. The number of hydrogen-bond acceptors (Lipinski definition) is 3. The van der Waals surface area contributed by atoms with E-state index < -0.39 is 11.5 Å². The van der Waals surface area contributed by atoms with Gasteiger partial charge in [0.1, 0.15) is 5.54 Å². The maximum Gasteiger partial charge on any atom is 0.325 e. The van der Waals surface area contributed by atoms with Crippen molar-refractivity contribution >= 4 is 11.7 Å². The Kier molecular flexibility index (Phi) is 2.55. The molecule has 0 radical (unpaired) electrons. The molecule has 0 bridgehead atoms. The minimum Gasteiger partial charge on any atom is -0.480 e. The third-order valence-corrected chi connectivity index (χ3v) is 4.14. The summed E-state index contributed by atoms with van der Waals surface area (Å²) in [6, 6.07) is 8.17. The number of rotatable bonds is 4. The molecule has 1 aromatic rings. The lowest BCUT2D eigenvalue weighted by Crippen LogP contribution is -2.57. The molecule has 0 spiro atoms. The molecule has 18 heavy (non-hydrogen) atoms. The predicted molar refractivity (Wildman–Crippen MR) is 69.6 cm³/mol. The summed E-state index contributed by atoms with van der Waals surface area (Å²) >= 11 is 0. The van der Waals surface area contributed by atoms with Crippen LogP contribution in [-0.2, 0) is 11.2 Å². The van der Waals surface area contributed by atoms with Crippen molar-refractivity contribution in [3.63, 3.8) is 0 Å². The van der Waals surface area contributed by atoms with Crippen molar-refractivity contribution < 1.29 is 9.90 Å². The summed E-state index contributed by atoms with van der Waals surface area (Å²) in [5.41, 5.74) is 7.50. The largest absolute Gasteiger partial charge is 0.480 e.